The number of hydrogen-bond acceptors (Lipinski definition) is 5. The molecule has 126 valence electrons. The highest BCUT2D eigenvalue weighted by atomic mass is 16.6. The van der Waals surface area contributed by atoms with E-state index in [-0.39, 0.29) is 17.3 Å². The summed E-state index contributed by atoms with van der Waals surface area (Å²) < 4.78 is 10.4. The summed E-state index contributed by atoms with van der Waals surface area (Å²) in [6.07, 6.45) is 0. The Morgan fingerprint density at radius 2 is 1.79 bits per heavy atom. The molecule has 0 aromatic heterocycles. The van der Waals surface area contributed by atoms with E-state index >= 15 is 0 Å². The number of benzene rings is 2. The molecule has 0 aliphatic heterocycles. The van der Waals surface area contributed by atoms with E-state index in [4.69, 9.17) is 9.47 Å². The Balaban J connectivity index is 2.22. The van der Waals surface area contributed by atoms with Crippen molar-refractivity contribution in [2.75, 3.05) is 14.2 Å². The first kappa shape index (κ1) is 17.3. The first-order valence-electron chi connectivity index (χ1n) is 7.24. The average Bonchev–Trinajstić information content (AvgIpc) is 2.60. The predicted molar refractivity (Wildman–Crippen MR) is 88.5 cm³/mol. The minimum absolute atomic E-state index is 0.0230. The lowest BCUT2D eigenvalue weighted by atomic mass is 10.1. The standard InChI is InChI=1S/C17H18N2O5/c1-11(12-8-9-15(23-2)16(10-12)24-3)18-17(20)13-6-4-5-7-14(13)19(21)22/h4-11H,1-3H3,(H,18,20)/t11-/m1/s1. The van der Waals surface area contributed by atoms with Gasteiger partial charge in [0, 0.05) is 6.07 Å². The predicted octanol–water partition coefficient (Wildman–Crippen LogP) is 3.10. The molecule has 2 aromatic carbocycles. The Hall–Kier alpha value is -3.09. The molecule has 0 saturated carbocycles. The zero-order valence-corrected chi connectivity index (χ0v) is 13.6. The summed E-state index contributed by atoms with van der Waals surface area (Å²) in [4.78, 5) is 22.8. The molecular weight excluding hydrogens is 312 g/mol. The average molecular weight is 330 g/mol. The Bertz CT molecular complexity index is 760. The van der Waals surface area contributed by atoms with Crippen LogP contribution in [0.15, 0.2) is 42.5 Å². The highest BCUT2D eigenvalue weighted by molar-refractivity contribution is 5.98. The van der Waals surface area contributed by atoms with Crippen LogP contribution in [0.5, 0.6) is 11.5 Å². The molecule has 1 amide bonds. The molecule has 0 unspecified atom stereocenters. The van der Waals surface area contributed by atoms with Crippen molar-refractivity contribution in [2.24, 2.45) is 0 Å². The molecule has 1 N–H and O–H groups in total. The van der Waals surface area contributed by atoms with Crippen molar-refractivity contribution in [2.45, 2.75) is 13.0 Å². The number of nitro groups is 1. The van der Waals surface area contributed by atoms with Crippen molar-refractivity contribution in [3.05, 3.63) is 63.7 Å². The Labute approximate surface area is 139 Å². The number of carbonyl (C=O) groups is 1. The van der Waals surface area contributed by atoms with Crippen LogP contribution in [-0.2, 0) is 0 Å². The largest absolute Gasteiger partial charge is 0.493 e. The topological polar surface area (TPSA) is 90.7 Å². The molecule has 7 heteroatoms. The van der Waals surface area contributed by atoms with Crippen molar-refractivity contribution in [1.29, 1.82) is 0 Å². The lowest BCUT2D eigenvalue weighted by Gasteiger charge is -2.16. The molecule has 0 spiro atoms. The van der Waals surface area contributed by atoms with Crippen LogP contribution in [0.2, 0.25) is 0 Å². The van der Waals surface area contributed by atoms with E-state index < -0.39 is 10.8 Å². The van der Waals surface area contributed by atoms with Crippen LogP contribution in [0.3, 0.4) is 0 Å². The van der Waals surface area contributed by atoms with Gasteiger partial charge in [-0.1, -0.05) is 18.2 Å². The molecule has 2 rings (SSSR count). The van der Waals surface area contributed by atoms with Gasteiger partial charge in [0.05, 0.1) is 25.2 Å². The van der Waals surface area contributed by atoms with E-state index in [1.165, 1.54) is 32.4 Å². The summed E-state index contributed by atoms with van der Waals surface area (Å²) in [5, 5.41) is 13.8. The number of carbonyl (C=O) groups excluding carboxylic acids is 1. The fourth-order valence-electron chi connectivity index (χ4n) is 2.30. The van der Waals surface area contributed by atoms with Gasteiger partial charge in [-0.2, -0.15) is 0 Å². The van der Waals surface area contributed by atoms with E-state index in [0.717, 1.165) is 5.56 Å². The lowest BCUT2D eigenvalue weighted by Crippen LogP contribution is -2.27. The second-order valence-electron chi connectivity index (χ2n) is 5.08. The van der Waals surface area contributed by atoms with Crippen molar-refractivity contribution in [3.63, 3.8) is 0 Å². The summed E-state index contributed by atoms with van der Waals surface area (Å²) in [6.45, 7) is 1.79. The third-order valence-electron chi connectivity index (χ3n) is 3.60. The van der Waals surface area contributed by atoms with E-state index in [1.54, 1.807) is 31.2 Å². The SMILES string of the molecule is COc1ccc([C@@H](C)NC(=O)c2ccccc2[N+](=O)[O-])cc1OC. The molecule has 24 heavy (non-hydrogen) atoms. The molecule has 7 nitrogen and oxygen atoms in total. The second kappa shape index (κ2) is 7.45. The number of nitrogens with one attached hydrogen (secondary N) is 1. The van der Waals surface area contributed by atoms with Gasteiger partial charge in [0.25, 0.3) is 11.6 Å². The number of ether oxygens (including phenoxy) is 2. The summed E-state index contributed by atoms with van der Waals surface area (Å²) in [5.74, 6) is 0.616. The summed E-state index contributed by atoms with van der Waals surface area (Å²) in [6, 6.07) is 10.8. The number of hydrogen-bond donors (Lipinski definition) is 1. The molecule has 2 aromatic rings. The normalized spacial score (nSPS) is 11.5. The van der Waals surface area contributed by atoms with Crippen LogP contribution in [0.1, 0.15) is 28.9 Å². The summed E-state index contributed by atoms with van der Waals surface area (Å²) in [7, 11) is 3.06. The van der Waals surface area contributed by atoms with Gasteiger partial charge in [-0.05, 0) is 30.7 Å². The van der Waals surface area contributed by atoms with Crippen molar-refractivity contribution in [3.8, 4) is 11.5 Å². The number of para-hydroxylation sites is 1. The number of rotatable bonds is 6. The maximum absolute atomic E-state index is 12.4. The lowest BCUT2D eigenvalue weighted by molar-refractivity contribution is -0.385. The smallest absolute Gasteiger partial charge is 0.282 e. The van der Waals surface area contributed by atoms with E-state index in [2.05, 4.69) is 5.32 Å². The molecule has 0 aliphatic rings. The van der Waals surface area contributed by atoms with Crippen molar-refractivity contribution >= 4 is 11.6 Å². The second-order valence-corrected chi connectivity index (χ2v) is 5.08. The van der Waals surface area contributed by atoms with Crippen LogP contribution in [-0.4, -0.2) is 25.1 Å². The first-order valence-corrected chi connectivity index (χ1v) is 7.24. The Morgan fingerprint density at radius 1 is 1.12 bits per heavy atom. The van der Waals surface area contributed by atoms with Crippen molar-refractivity contribution in [1.82, 2.24) is 5.32 Å². The Morgan fingerprint density at radius 3 is 2.42 bits per heavy atom. The number of nitrogens with zero attached hydrogens (tertiary/aromatic N) is 1. The van der Waals surface area contributed by atoms with E-state index in [9.17, 15) is 14.9 Å². The first-order chi connectivity index (χ1) is 11.5. The number of nitro benzene ring substituents is 1. The van der Waals surface area contributed by atoms with Gasteiger partial charge in [-0.25, -0.2) is 0 Å². The van der Waals surface area contributed by atoms with Crippen molar-refractivity contribution < 1.29 is 19.2 Å². The number of amides is 1. The fraction of sp³-hybridized carbons (Fsp3) is 0.235. The molecule has 1 atom stereocenters. The van der Waals surface area contributed by atoms with Crippen LogP contribution in [0.25, 0.3) is 0 Å². The minimum atomic E-state index is -0.573. The molecule has 0 aliphatic carbocycles. The third-order valence-corrected chi connectivity index (χ3v) is 3.60. The molecule has 0 bridgehead atoms. The molecule has 0 radical (unpaired) electrons. The Kier molecular flexibility index (Phi) is 5.36. The zero-order chi connectivity index (χ0) is 17.7. The monoisotopic (exact) mass is 330 g/mol. The molecule has 0 heterocycles. The molecule has 0 fully saturated rings. The van der Waals surface area contributed by atoms with Gasteiger partial charge < -0.3 is 14.8 Å². The summed E-state index contributed by atoms with van der Waals surface area (Å²) >= 11 is 0. The quantitative estimate of drug-likeness (QED) is 0.649. The van der Waals surface area contributed by atoms with Gasteiger partial charge in [-0.3, -0.25) is 14.9 Å². The molecule has 0 saturated heterocycles. The van der Waals surface area contributed by atoms with Crippen LogP contribution >= 0.6 is 0 Å². The van der Waals surface area contributed by atoms with Gasteiger partial charge in [0.2, 0.25) is 0 Å². The zero-order valence-electron chi connectivity index (χ0n) is 13.6. The minimum Gasteiger partial charge on any atom is -0.493 e. The summed E-state index contributed by atoms with van der Waals surface area (Å²) in [5.41, 5.74) is 0.587. The van der Waals surface area contributed by atoms with Crippen LogP contribution in [0.4, 0.5) is 5.69 Å². The van der Waals surface area contributed by atoms with Crippen LogP contribution in [0, 0.1) is 10.1 Å². The van der Waals surface area contributed by atoms with Gasteiger partial charge in [-0.15, -0.1) is 0 Å². The van der Waals surface area contributed by atoms with Gasteiger partial charge >= 0.3 is 0 Å². The fourth-order valence-corrected chi connectivity index (χ4v) is 2.30. The van der Waals surface area contributed by atoms with Gasteiger partial charge in [0.15, 0.2) is 11.5 Å². The molecular formula is C17H18N2O5. The van der Waals surface area contributed by atoms with Gasteiger partial charge in [0.1, 0.15) is 5.56 Å². The highest BCUT2D eigenvalue weighted by Crippen LogP contribution is 2.30. The third kappa shape index (κ3) is 3.62. The maximum Gasteiger partial charge on any atom is 0.282 e. The van der Waals surface area contributed by atoms with E-state index in [1.807, 2.05) is 0 Å². The van der Waals surface area contributed by atoms with Crippen LogP contribution < -0.4 is 14.8 Å². The van der Waals surface area contributed by atoms with E-state index in [0.29, 0.717) is 11.5 Å². The highest BCUT2D eigenvalue weighted by Gasteiger charge is 2.21. The number of methoxy groups -OCH3 is 2. The maximum atomic E-state index is 12.4.